The number of nitrogens with zero attached hydrogens (tertiary/aromatic N) is 4. The van der Waals surface area contributed by atoms with Gasteiger partial charge in [0.1, 0.15) is 36.3 Å². The molecular weight excluding hydrogens is 926 g/mol. The molecule has 24 nitrogen and oxygen atoms in total. The number of imidazole rings is 1. The van der Waals surface area contributed by atoms with Crippen LogP contribution in [0.5, 0.6) is 0 Å². The zero-order chi connectivity index (χ0) is 46.3. The van der Waals surface area contributed by atoms with Crippen LogP contribution in [0.25, 0.3) is 11.2 Å². The number of hydrogen-bond acceptors (Lipinski definition) is 18. The topological polar surface area (TPSA) is 364 Å². The third-order valence-corrected chi connectivity index (χ3v) is 13.3. The number of carbonyl (C=O) groups is 3. The number of nitrogens with one attached hydrogen (secondary N) is 2. The van der Waals surface area contributed by atoms with Crippen molar-refractivity contribution < 1.29 is 110 Å². The number of phosphoric ester groups is 3. The molecule has 1 aliphatic rings. The van der Waals surface area contributed by atoms with Gasteiger partial charge in [-0.15, -0.1) is 0 Å². The third-order valence-electron chi connectivity index (χ3n) is 9.29. The molecule has 3 rings (SSSR count). The molecule has 2 aromatic rings. The van der Waals surface area contributed by atoms with Gasteiger partial charge in [-0.2, -0.15) is 4.31 Å². The molecule has 3 heterocycles. The fraction of sp³-hybridized carbons (Fsp3) is 0.706. The number of aliphatic hydroxyl groups excluding tert-OH is 2. The van der Waals surface area contributed by atoms with Gasteiger partial charge in [-0.1, -0.05) is 83.2 Å². The molecule has 1 saturated heterocycles. The summed E-state index contributed by atoms with van der Waals surface area (Å²) in [5.74, 6) is -1.10. The SMILES string of the molecule is C=C(CCCCCCCCC)CC(=O)SCCNC(=O)CCNC(=O)C(O)C(C)(C)COP(=O)(O)OP(=O)(O)OCC1OC(n2cnc3c(N)ncnc32)C(O)C1OP(=O)(O)O.[Na+]. The normalized spacial score (nSPS) is 20.3. The van der Waals surface area contributed by atoms with E-state index in [2.05, 4.69) is 47.9 Å². The Bertz CT molecular complexity index is 1980. The minimum absolute atomic E-state index is 0. The van der Waals surface area contributed by atoms with Crippen LogP contribution in [-0.4, -0.2) is 123 Å². The van der Waals surface area contributed by atoms with Crippen molar-refractivity contribution >= 4 is 69.1 Å². The summed E-state index contributed by atoms with van der Waals surface area (Å²) in [6.45, 7) is 6.68. The Balaban J connectivity index is 0.0000137. The molecule has 1 aliphatic heterocycles. The first-order valence-electron chi connectivity index (χ1n) is 19.7. The minimum Gasteiger partial charge on any atom is -0.386 e. The maximum atomic E-state index is 12.7. The predicted octanol–water partition coefficient (Wildman–Crippen LogP) is -0.244. The number of amides is 2. The smallest absolute Gasteiger partial charge is 0.386 e. The van der Waals surface area contributed by atoms with E-state index in [0.717, 1.165) is 53.8 Å². The molecule has 10 N–H and O–H groups in total. The van der Waals surface area contributed by atoms with E-state index >= 15 is 0 Å². The molecule has 29 heteroatoms. The summed E-state index contributed by atoms with van der Waals surface area (Å²) >= 11 is 1.09. The van der Waals surface area contributed by atoms with E-state index in [0.29, 0.717) is 5.75 Å². The van der Waals surface area contributed by atoms with Gasteiger partial charge in [0, 0.05) is 37.1 Å². The zero-order valence-electron chi connectivity index (χ0n) is 35.6. The van der Waals surface area contributed by atoms with Crippen molar-refractivity contribution in [1.29, 1.82) is 0 Å². The van der Waals surface area contributed by atoms with E-state index < -0.39 is 84.6 Å². The number of rotatable bonds is 29. The molecule has 0 radical (unpaired) electrons. The summed E-state index contributed by atoms with van der Waals surface area (Å²) in [7, 11) is -16.4. The number of hydrogen-bond donors (Lipinski definition) is 9. The van der Waals surface area contributed by atoms with Crippen LogP contribution in [0, 0.1) is 5.41 Å². The third kappa shape index (κ3) is 20.0. The van der Waals surface area contributed by atoms with Crippen molar-refractivity contribution in [3.8, 4) is 0 Å². The number of nitrogen functional groups attached to an aromatic ring is 1. The number of anilines is 1. The van der Waals surface area contributed by atoms with E-state index in [-0.39, 0.29) is 77.6 Å². The maximum absolute atomic E-state index is 12.7. The van der Waals surface area contributed by atoms with Crippen molar-refractivity contribution in [3.63, 3.8) is 0 Å². The fourth-order valence-electron chi connectivity index (χ4n) is 5.97. The molecule has 1 fully saturated rings. The Hall–Kier alpha value is -1.70. The van der Waals surface area contributed by atoms with Gasteiger partial charge in [0.05, 0.1) is 19.5 Å². The van der Waals surface area contributed by atoms with Gasteiger partial charge < -0.3 is 50.9 Å². The number of thioether (sulfide) groups is 1. The molecule has 0 bridgehead atoms. The molecule has 2 amide bonds. The number of unbranched alkanes of at least 4 members (excludes halogenated alkanes) is 6. The number of fused-ring (bicyclic) bond motifs is 1. The first-order valence-corrected chi connectivity index (χ1v) is 25.2. The van der Waals surface area contributed by atoms with E-state index in [1.54, 1.807) is 0 Å². The van der Waals surface area contributed by atoms with E-state index in [1.165, 1.54) is 46.0 Å². The molecule has 7 atom stereocenters. The quantitative estimate of drug-likeness (QED) is 0.0220. The number of phosphoric acid groups is 3. The van der Waals surface area contributed by atoms with Crippen LogP contribution in [0.15, 0.2) is 24.8 Å². The first-order chi connectivity index (χ1) is 28.9. The van der Waals surface area contributed by atoms with Crippen molar-refractivity contribution in [2.45, 2.75) is 116 Å². The monoisotopic (exact) mass is 984 g/mol. The number of aliphatic hydroxyl groups is 2. The number of allylic oxidation sites excluding steroid dienone is 1. The maximum Gasteiger partial charge on any atom is 1.00 e. The van der Waals surface area contributed by atoms with Crippen LogP contribution in [0.4, 0.5) is 5.82 Å². The molecule has 0 saturated carbocycles. The van der Waals surface area contributed by atoms with E-state index in [4.69, 9.17) is 19.5 Å². The Labute approximate surface area is 391 Å². The second-order valence-corrected chi connectivity index (χ2v) is 20.5. The summed E-state index contributed by atoms with van der Waals surface area (Å²) < 4.78 is 62.3. The predicted molar refractivity (Wildman–Crippen MR) is 223 cm³/mol. The van der Waals surface area contributed by atoms with Gasteiger partial charge in [0.25, 0.3) is 0 Å². The number of aromatic nitrogens is 4. The van der Waals surface area contributed by atoms with E-state index in [1.807, 2.05) is 0 Å². The summed E-state index contributed by atoms with van der Waals surface area (Å²) in [5, 5.41) is 26.5. The van der Waals surface area contributed by atoms with Crippen LogP contribution in [0.1, 0.15) is 91.2 Å². The van der Waals surface area contributed by atoms with Gasteiger partial charge in [0.15, 0.2) is 22.8 Å². The van der Waals surface area contributed by atoms with Crippen LogP contribution >= 0.6 is 35.2 Å². The van der Waals surface area contributed by atoms with Crippen molar-refractivity contribution in [1.82, 2.24) is 30.2 Å². The van der Waals surface area contributed by atoms with Gasteiger partial charge in [-0.05, 0) is 12.8 Å². The van der Waals surface area contributed by atoms with E-state index in [9.17, 15) is 57.9 Å². The summed E-state index contributed by atoms with van der Waals surface area (Å²) in [5.41, 5.74) is 5.16. The van der Waals surface area contributed by atoms with Crippen LogP contribution in [0.2, 0.25) is 0 Å². The second kappa shape index (κ2) is 26.6. The van der Waals surface area contributed by atoms with Crippen LogP contribution < -0.4 is 45.9 Å². The minimum atomic E-state index is -5.58. The average molecular weight is 985 g/mol. The molecule has 352 valence electrons. The Morgan fingerprint density at radius 2 is 1.63 bits per heavy atom. The number of carbonyl (C=O) groups excluding carboxylic acids is 3. The zero-order valence-corrected chi connectivity index (χ0v) is 41.1. The molecule has 7 unspecified atom stereocenters. The largest absolute Gasteiger partial charge is 1.00 e. The molecular formula is C34H58N7NaO17P3S+. The van der Waals surface area contributed by atoms with Crippen molar-refractivity contribution in [3.05, 3.63) is 24.8 Å². The Morgan fingerprint density at radius 1 is 0.984 bits per heavy atom. The molecule has 0 aromatic carbocycles. The Morgan fingerprint density at radius 3 is 2.30 bits per heavy atom. The van der Waals surface area contributed by atoms with Gasteiger partial charge in [-0.3, -0.25) is 32.5 Å². The van der Waals surface area contributed by atoms with Gasteiger partial charge >= 0.3 is 53.0 Å². The van der Waals surface area contributed by atoms with Crippen molar-refractivity contribution in [2.75, 3.05) is 37.8 Å². The average Bonchev–Trinajstić information content (AvgIpc) is 3.74. The standard InChI is InChI=1S/C34H58N7O17P3S.Na/c1-5-6-7-8-9-10-11-12-22(2)17-25(43)62-16-15-36-24(42)13-14-37-32(46)29(45)34(3,4)19-55-61(52,53)58-60(50,51)54-18-23-28(57-59(47,48)49)27(44)33(56-23)41-21-40-26-30(35)38-20-39-31(26)41;/h20-21,23,27-29,33,44-45H,2,5-19H2,1,3-4H3,(H,36,42)(H,37,46)(H,50,51)(H,52,53)(H2,35,38,39)(H2,47,48,49);/q;+1. The summed E-state index contributed by atoms with van der Waals surface area (Å²) in [4.78, 5) is 88.2. The van der Waals surface area contributed by atoms with Crippen LogP contribution in [-0.2, 0) is 50.7 Å². The first kappa shape index (κ1) is 57.4. The van der Waals surface area contributed by atoms with Gasteiger partial charge in [-0.25, -0.2) is 28.6 Å². The number of ether oxygens (including phenoxy) is 1. The summed E-state index contributed by atoms with van der Waals surface area (Å²) in [6.07, 6.45) is 2.39. The molecule has 63 heavy (non-hydrogen) atoms. The number of nitrogens with two attached hydrogens (primary N) is 1. The van der Waals surface area contributed by atoms with Crippen molar-refractivity contribution in [2.24, 2.45) is 5.41 Å². The van der Waals surface area contributed by atoms with Crippen LogP contribution in [0.3, 0.4) is 0 Å². The molecule has 2 aromatic heterocycles. The molecule has 0 spiro atoms. The molecule has 0 aliphatic carbocycles. The summed E-state index contributed by atoms with van der Waals surface area (Å²) in [6, 6.07) is 0. The van der Waals surface area contributed by atoms with Gasteiger partial charge in [0.2, 0.25) is 11.8 Å². The second-order valence-electron chi connectivity index (χ2n) is 15.1. The Kier molecular flexibility index (Phi) is 24.2. The fourth-order valence-corrected chi connectivity index (χ4v) is 9.54.